The molecule has 262 valence electrons. The number of likely N-dealkylation sites (tertiary alicyclic amines) is 1. The van der Waals surface area contributed by atoms with Crippen molar-refractivity contribution in [3.63, 3.8) is 0 Å². The van der Waals surface area contributed by atoms with Crippen LogP contribution in [0.1, 0.15) is 107 Å². The Hall–Kier alpha value is -3.64. The molecule has 0 radical (unpaired) electrons. The summed E-state index contributed by atoms with van der Waals surface area (Å²) in [5, 5.41) is 18.7. The zero-order chi connectivity index (χ0) is 36.2. The third kappa shape index (κ3) is 9.95. The van der Waals surface area contributed by atoms with Gasteiger partial charge in [-0.3, -0.25) is 9.59 Å². The minimum Gasteiger partial charge on any atom is -0.481 e. The number of carboxylic acids is 2. The zero-order valence-corrected chi connectivity index (χ0v) is 31.3. The third-order valence-electron chi connectivity index (χ3n) is 9.49. The van der Waals surface area contributed by atoms with Crippen molar-refractivity contribution >= 4 is 29.3 Å². The van der Waals surface area contributed by atoms with E-state index in [1.807, 2.05) is 26.8 Å². The van der Waals surface area contributed by atoms with Crippen LogP contribution >= 0.6 is 11.6 Å². The lowest BCUT2D eigenvalue weighted by molar-refractivity contribution is -0.469. The van der Waals surface area contributed by atoms with Gasteiger partial charge < -0.3 is 15.1 Å². The van der Waals surface area contributed by atoms with Gasteiger partial charge in [0.1, 0.15) is 6.54 Å². The number of hydrogen-bond donors (Lipinski definition) is 2. The van der Waals surface area contributed by atoms with E-state index in [-0.39, 0.29) is 23.7 Å². The monoisotopic (exact) mass is 677 g/mol. The van der Waals surface area contributed by atoms with Gasteiger partial charge in [0.25, 0.3) is 0 Å². The molecule has 7 heteroatoms. The molecular weight excluding hydrogens is 620 g/mol. The van der Waals surface area contributed by atoms with Gasteiger partial charge in [-0.2, -0.15) is 4.58 Å². The van der Waals surface area contributed by atoms with Crippen molar-refractivity contribution in [2.75, 3.05) is 13.1 Å². The molecule has 2 N–H and O–H groups in total. The lowest BCUT2D eigenvalue weighted by Gasteiger charge is -2.26. The van der Waals surface area contributed by atoms with Crippen LogP contribution in [0.5, 0.6) is 0 Å². The summed E-state index contributed by atoms with van der Waals surface area (Å²) in [6.07, 6.45) is 21.9. The van der Waals surface area contributed by atoms with E-state index in [1.54, 1.807) is 0 Å². The van der Waals surface area contributed by atoms with Crippen molar-refractivity contribution in [1.29, 1.82) is 0 Å². The number of carbonyl (C=O) groups is 2. The van der Waals surface area contributed by atoms with Gasteiger partial charge >= 0.3 is 11.9 Å². The summed E-state index contributed by atoms with van der Waals surface area (Å²) in [4.78, 5) is 24.2. The van der Waals surface area contributed by atoms with E-state index < -0.39 is 11.9 Å². The SMILES string of the molecule is C=C/C=C1\C(=C/C)C(C)(C)C(/C=C/C(C)=C(Cl)/C(C)=C/C=C2\N(CCCCCC(=O)O)C(=C)/C(=C\C)C2(C)C)=[N+]1CCCCCC(=O)O. The van der Waals surface area contributed by atoms with Crippen LogP contribution in [0.25, 0.3) is 0 Å². The van der Waals surface area contributed by atoms with Gasteiger partial charge in [0.05, 0.1) is 5.41 Å². The molecule has 0 aromatic carbocycles. The van der Waals surface area contributed by atoms with E-state index in [1.165, 1.54) is 16.9 Å². The van der Waals surface area contributed by atoms with Crippen molar-refractivity contribution in [1.82, 2.24) is 4.90 Å². The number of allylic oxidation sites excluding steroid dienone is 14. The molecule has 0 saturated carbocycles. The summed E-state index contributed by atoms with van der Waals surface area (Å²) >= 11 is 7.01. The smallest absolute Gasteiger partial charge is 0.303 e. The van der Waals surface area contributed by atoms with Gasteiger partial charge in [-0.05, 0) is 90.0 Å². The predicted molar refractivity (Wildman–Crippen MR) is 201 cm³/mol. The molecule has 0 aromatic heterocycles. The van der Waals surface area contributed by atoms with E-state index >= 15 is 0 Å². The maximum Gasteiger partial charge on any atom is 0.303 e. The molecule has 0 aromatic rings. The van der Waals surface area contributed by atoms with Crippen LogP contribution in [0.3, 0.4) is 0 Å². The Kier molecular flexibility index (Phi) is 15.4. The number of unbranched alkanes of at least 4 members (excludes halogenated alkanes) is 4. The van der Waals surface area contributed by atoms with Crippen molar-refractivity contribution < 1.29 is 24.4 Å². The molecule has 0 unspecified atom stereocenters. The van der Waals surface area contributed by atoms with E-state index in [2.05, 4.69) is 99.8 Å². The van der Waals surface area contributed by atoms with Crippen LogP contribution in [0.2, 0.25) is 0 Å². The standard InChI is InChI=1S/C41H57ClN2O4/c1-11-20-34-33(13-3)41(9,10)36(44(34)28-19-15-17-22-38(47)48)26-24-30(5)39(42)29(4)23-25-35-40(7,8)32(12-2)31(6)43(35)27-18-14-16-21-37(45)46/h11-13,20,23-26H,1,6,14-19,21-22,27-28H2,2-5,7-10H3,(H-,45,46,47,48)/p+1/b32-12+,33-13+,34-20+. The Morgan fingerprint density at radius 3 is 2.00 bits per heavy atom. The molecule has 0 bridgehead atoms. The number of carboxylic acid groups (broad SMARTS) is 2. The fourth-order valence-corrected chi connectivity index (χ4v) is 7.06. The van der Waals surface area contributed by atoms with Gasteiger partial charge in [-0.1, -0.05) is 75.4 Å². The van der Waals surface area contributed by atoms with Crippen LogP contribution in [0.15, 0.2) is 106 Å². The first-order chi connectivity index (χ1) is 22.6. The maximum absolute atomic E-state index is 11.0. The first-order valence-electron chi connectivity index (χ1n) is 17.2. The third-order valence-corrected chi connectivity index (χ3v) is 10.1. The summed E-state index contributed by atoms with van der Waals surface area (Å²) in [6, 6.07) is 0. The Labute approximate surface area is 294 Å². The molecule has 1 fully saturated rings. The molecule has 6 nitrogen and oxygen atoms in total. The minimum absolute atomic E-state index is 0.193. The van der Waals surface area contributed by atoms with Gasteiger partial charge in [0.2, 0.25) is 5.70 Å². The second-order valence-electron chi connectivity index (χ2n) is 13.7. The average molecular weight is 678 g/mol. The molecule has 0 spiro atoms. The molecule has 2 rings (SSSR count). The van der Waals surface area contributed by atoms with E-state index in [0.717, 1.165) is 67.0 Å². The van der Waals surface area contributed by atoms with Gasteiger partial charge in [0.15, 0.2) is 5.71 Å². The Bertz CT molecular complexity index is 1510. The number of nitrogens with zero attached hydrogens (tertiary/aromatic N) is 2. The maximum atomic E-state index is 11.0. The molecule has 1 saturated heterocycles. The molecule has 48 heavy (non-hydrogen) atoms. The van der Waals surface area contributed by atoms with Crippen LogP contribution in [-0.4, -0.2) is 50.4 Å². The summed E-state index contributed by atoms with van der Waals surface area (Å²) < 4.78 is 2.34. The van der Waals surface area contributed by atoms with Crippen molar-refractivity contribution in [3.05, 3.63) is 106 Å². The van der Waals surface area contributed by atoms with Crippen LogP contribution in [-0.2, 0) is 9.59 Å². The minimum atomic E-state index is -0.752. The predicted octanol–water partition coefficient (Wildman–Crippen LogP) is 10.5. The fourth-order valence-electron chi connectivity index (χ4n) is 6.93. The topological polar surface area (TPSA) is 80.9 Å². The largest absolute Gasteiger partial charge is 0.481 e. The lowest BCUT2D eigenvalue weighted by Crippen LogP contribution is -2.24. The molecule has 0 amide bonds. The van der Waals surface area contributed by atoms with E-state index in [0.29, 0.717) is 17.9 Å². The van der Waals surface area contributed by atoms with E-state index in [4.69, 9.17) is 21.8 Å². The number of hydrogen-bond acceptors (Lipinski definition) is 3. The van der Waals surface area contributed by atoms with Crippen molar-refractivity contribution in [2.24, 2.45) is 10.8 Å². The molecule has 0 aliphatic carbocycles. The summed E-state index contributed by atoms with van der Waals surface area (Å²) in [5.41, 5.74) is 8.31. The highest BCUT2D eigenvalue weighted by atomic mass is 35.5. The molecule has 0 atom stereocenters. The molecule has 2 aliphatic heterocycles. The van der Waals surface area contributed by atoms with Crippen LogP contribution in [0.4, 0.5) is 0 Å². The summed E-state index contributed by atoms with van der Waals surface area (Å²) in [6.45, 7) is 27.0. The highest BCUT2D eigenvalue weighted by Gasteiger charge is 2.46. The van der Waals surface area contributed by atoms with Crippen LogP contribution < -0.4 is 0 Å². The van der Waals surface area contributed by atoms with Crippen LogP contribution in [0, 0.1) is 10.8 Å². The summed E-state index contributed by atoms with van der Waals surface area (Å²) in [7, 11) is 0. The van der Waals surface area contributed by atoms with Crippen molar-refractivity contribution in [3.8, 4) is 0 Å². The molecular formula is C41H58ClN2O4+. The number of aliphatic carboxylic acids is 2. The Morgan fingerprint density at radius 1 is 0.875 bits per heavy atom. The van der Waals surface area contributed by atoms with E-state index in [9.17, 15) is 9.59 Å². The van der Waals surface area contributed by atoms with Gasteiger partial charge in [0, 0.05) is 65.4 Å². The van der Waals surface area contributed by atoms with Gasteiger partial charge in [-0.25, -0.2) is 0 Å². The highest BCUT2D eigenvalue weighted by Crippen LogP contribution is 2.49. The Morgan fingerprint density at radius 2 is 1.46 bits per heavy atom. The van der Waals surface area contributed by atoms with Gasteiger partial charge in [-0.15, -0.1) is 0 Å². The molecule has 2 heterocycles. The zero-order valence-electron chi connectivity index (χ0n) is 30.6. The lowest BCUT2D eigenvalue weighted by atomic mass is 9.80. The highest BCUT2D eigenvalue weighted by molar-refractivity contribution is 6.32. The number of rotatable bonds is 17. The first-order valence-corrected chi connectivity index (χ1v) is 17.6. The number of halogens is 1. The first kappa shape index (κ1) is 40.5. The van der Waals surface area contributed by atoms with Crippen molar-refractivity contribution in [2.45, 2.75) is 107 Å². The molecule has 2 aliphatic rings. The Balaban J connectivity index is 2.44. The second kappa shape index (κ2) is 18.2. The summed E-state index contributed by atoms with van der Waals surface area (Å²) in [5.74, 6) is -1.50. The normalized spacial score (nSPS) is 21.8. The average Bonchev–Trinajstić information content (AvgIpc) is 3.32. The fraction of sp³-hybridized carbons (Fsp3) is 0.488. The second-order valence-corrected chi connectivity index (χ2v) is 14.1. The quantitative estimate of drug-likeness (QED) is 0.0910.